The fraction of sp³-hybridized carbons (Fsp3) is 0.625. The molecular formula is C16H25N3O2. The van der Waals surface area contributed by atoms with Crippen molar-refractivity contribution < 1.29 is 9.90 Å². The zero-order valence-electron chi connectivity index (χ0n) is 12.9. The molecule has 1 aromatic heterocycles. The van der Waals surface area contributed by atoms with Crippen molar-refractivity contribution in [3.8, 4) is 0 Å². The molecule has 0 spiro atoms. The highest BCUT2D eigenvalue weighted by molar-refractivity contribution is 5.92. The fourth-order valence-corrected chi connectivity index (χ4v) is 3.04. The van der Waals surface area contributed by atoms with E-state index in [1.165, 1.54) is 25.3 Å². The lowest BCUT2D eigenvalue weighted by Crippen LogP contribution is -2.54. The van der Waals surface area contributed by atoms with Gasteiger partial charge in [-0.1, -0.05) is 19.3 Å². The Hall–Kier alpha value is -1.62. The molecule has 1 aromatic rings. The van der Waals surface area contributed by atoms with E-state index < -0.39 is 5.54 Å². The third-order valence-corrected chi connectivity index (χ3v) is 4.51. The molecule has 1 aliphatic carbocycles. The molecule has 21 heavy (non-hydrogen) atoms. The average Bonchev–Trinajstić information content (AvgIpc) is 2.91. The largest absolute Gasteiger partial charge is 0.394 e. The standard InChI is InChI=1S/C16H25N3O2/c1-16(12-20,13-6-4-3-5-7-13)18-15(21)9-8-14-10-11-17-19(14)2/h8-11,13,20H,3-7,12H2,1-2H3,(H,18,21)/b9-8+/t16-/m0/s1. The van der Waals surface area contributed by atoms with E-state index in [9.17, 15) is 9.90 Å². The van der Waals surface area contributed by atoms with Gasteiger partial charge in [0.2, 0.25) is 5.91 Å². The Kier molecular flexibility index (Phi) is 5.17. The number of aliphatic hydroxyl groups excluding tert-OH is 1. The van der Waals surface area contributed by atoms with Gasteiger partial charge in [0.15, 0.2) is 0 Å². The number of nitrogens with zero attached hydrogens (tertiary/aromatic N) is 2. The molecule has 0 bridgehead atoms. The summed E-state index contributed by atoms with van der Waals surface area (Å²) in [5, 5.41) is 16.8. The molecule has 0 unspecified atom stereocenters. The molecule has 116 valence electrons. The fourth-order valence-electron chi connectivity index (χ4n) is 3.04. The predicted molar refractivity (Wildman–Crippen MR) is 82.5 cm³/mol. The van der Waals surface area contributed by atoms with Crippen molar-refractivity contribution in [3.63, 3.8) is 0 Å². The first-order valence-corrected chi connectivity index (χ1v) is 7.64. The molecule has 1 atom stereocenters. The van der Waals surface area contributed by atoms with Gasteiger partial charge >= 0.3 is 0 Å². The molecule has 5 heteroatoms. The Balaban J connectivity index is 1.98. The minimum atomic E-state index is -0.533. The number of rotatable bonds is 5. The zero-order chi connectivity index (χ0) is 15.3. The molecule has 2 N–H and O–H groups in total. The minimum Gasteiger partial charge on any atom is -0.394 e. The Morgan fingerprint density at radius 2 is 2.24 bits per heavy atom. The van der Waals surface area contributed by atoms with Gasteiger partial charge in [0, 0.05) is 19.3 Å². The van der Waals surface area contributed by atoms with Crippen LogP contribution in [0.4, 0.5) is 0 Å². The molecule has 0 radical (unpaired) electrons. The van der Waals surface area contributed by atoms with Crippen molar-refractivity contribution in [2.24, 2.45) is 13.0 Å². The smallest absolute Gasteiger partial charge is 0.244 e. The highest BCUT2D eigenvalue weighted by Crippen LogP contribution is 2.32. The van der Waals surface area contributed by atoms with Gasteiger partial charge in [-0.05, 0) is 37.8 Å². The number of aryl methyl sites for hydroxylation is 1. The highest BCUT2D eigenvalue weighted by Gasteiger charge is 2.35. The summed E-state index contributed by atoms with van der Waals surface area (Å²) in [6, 6.07) is 1.84. The van der Waals surface area contributed by atoms with Crippen LogP contribution in [-0.2, 0) is 11.8 Å². The van der Waals surface area contributed by atoms with Crippen LogP contribution in [0.25, 0.3) is 6.08 Å². The lowest BCUT2D eigenvalue weighted by atomic mass is 9.76. The number of nitrogens with one attached hydrogen (secondary N) is 1. The van der Waals surface area contributed by atoms with Gasteiger partial charge in [-0.2, -0.15) is 5.10 Å². The maximum absolute atomic E-state index is 12.1. The van der Waals surface area contributed by atoms with Gasteiger partial charge in [0.1, 0.15) is 0 Å². The van der Waals surface area contributed by atoms with Gasteiger partial charge in [-0.25, -0.2) is 0 Å². The Labute approximate surface area is 126 Å². The van der Waals surface area contributed by atoms with Crippen molar-refractivity contribution in [2.75, 3.05) is 6.61 Å². The second kappa shape index (κ2) is 6.89. The number of aliphatic hydroxyl groups is 1. The van der Waals surface area contributed by atoms with Gasteiger partial charge in [0.25, 0.3) is 0 Å². The predicted octanol–water partition coefficient (Wildman–Crippen LogP) is 1.88. The molecule has 1 aliphatic rings. The van der Waals surface area contributed by atoms with Crippen molar-refractivity contribution in [3.05, 3.63) is 24.0 Å². The quantitative estimate of drug-likeness (QED) is 0.814. The van der Waals surface area contributed by atoms with E-state index in [-0.39, 0.29) is 12.5 Å². The minimum absolute atomic E-state index is 0.0248. The summed E-state index contributed by atoms with van der Waals surface area (Å²) in [6.45, 7) is 1.92. The Morgan fingerprint density at radius 1 is 1.52 bits per heavy atom. The topological polar surface area (TPSA) is 67.2 Å². The van der Waals surface area contributed by atoms with Crippen LogP contribution in [0.2, 0.25) is 0 Å². The van der Waals surface area contributed by atoms with Crippen molar-refractivity contribution in [1.29, 1.82) is 0 Å². The van der Waals surface area contributed by atoms with Gasteiger partial charge in [-0.3, -0.25) is 9.48 Å². The maximum Gasteiger partial charge on any atom is 0.244 e. The van der Waals surface area contributed by atoms with Crippen molar-refractivity contribution in [1.82, 2.24) is 15.1 Å². The second-order valence-corrected chi connectivity index (χ2v) is 6.11. The van der Waals surface area contributed by atoms with E-state index >= 15 is 0 Å². The van der Waals surface area contributed by atoms with E-state index in [0.29, 0.717) is 5.92 Å². The first kappa shape index (κ1) is 15.8. The molecule has 2 rings (SSSR count). The van der Waals surface area contributed by atoms with Crippen LogP contribution in [0.1, 0.15) is 44.7 Å². The number of amides is 1. The van der Waals surface area contributed by atoms with Crippen LogP contribution >= 0.6 is 0 Å². The Morgan fingerprint density at radius 3 is 2.81 bits per heavy atom. The van der Waals surface area contributed by atoms with Crippen LogP contribution in [-0.4, -0.2) is 32.9 Å². The van der Waals surface area contributed by atoms with Crippen LogP contribution < -0.4 is 5.32 Å². The summed E-state index contributed by atoms with van der Waals surface area (Å²) in [6.07, 6.45) is 10.7. The molecule has 1 saturated carbocycles. The van der Waals surface area contributed by atoms with E-state index in [2.05, 4.69) is 10.4 Å². The molecular weight excluding hydrogens is 266 g/mol. The van der Waals surface area contributed by atoms with Gasteiger partial charge in [0.05, 0.1) is 17.8 Å². The SMILES string of the molecule is Cn1nccc1/C=C/C(=O)N[C@@](C)(CO)C1CCCCC1. The Bertz CT molecular complexity index is 503. The number of hydrogen-bond acceptors (Lipinski definition) is 3. The molecule has 1 fully saturated rings. The van der Waals surface area contributed by atoms with E-state index in [1.54, 1.807) is 17.0 Å². The molecule has 1 heterocycles. The molecule has 0 aliphatic heterocycles. The van der Waals surface area contributed by atoms with E-state index in [4.69, 9.17) is 0 Å². The molecule has 0 saturated heterocycles. The maximum atomic E-state index is 12.1. The summed E-state index contributed by atoms with van der Waals surface area (Å²) >= 11 is 0. The van der Waals surface area contributed by atoms with Crippen molar-refractivity contribution >= 4 is 12.0 Å². The third kappa shape index (κ3) is 3.94. The summed E-state index contributed by atoms with van der Waals surface area (Å²) in [4.78, 5) is 12.1. The zero-order valence-corrected chi connectivity index (χ0v) is 12.9. The molecule has 5 nitrogen and oxygen atoms in total. The van der Waals surface area contributed by atoms with Crippen LogP contribution in [0, 0.1) is 5.92 Å². The first-order chi connectivity index (χ1) is 10.0. The monoisotopic (exact) mass is 291 g/mol. The number of carbonyl (C=O) groups excluding carboxylic acids is 1. The second-order valence-electron chi connectivity index (χ2n) is 6.11. The highest BCUT2D eigenvalue weighted by atomic mass is 16.3. The van der Waals surface area contributed by atoms with Crippen molar-refractivity contribution in [2.45, 2.75) is 44.6 Å². The van der Waals surface area contributed by atoms with E-state index in [1.807, 2.05) is 20.0 Å². The number of hydrogen-bond donors (Lipinski definition) is 2. The average molecular weight is 291 g/mol. The lowest BCUT2D eigenvalue weighted by molar-refractivity contribution is -0.119. The molecule has 1 amide bonds. The summed E-state index contributed by atoms with van der Waals surface area (Å²) in [5.74, 6) is 0.184. The number of carbonyl (C=O) groups is 1. The van der Waals surface area contributed by atoms with Crippen LogP contribution in [0.3, 0.4) is 0 Å². The normalized spacial score (nSPS) is 19.6. The lowest BCUT2D eigenvalue weighted by Gasteiger charge is -2.39. The van der Waals surface area contributed by atoms with Gasteiger partial charge < -0.3 is 10.4 Å². The molecule has 0 aromatic carbocycles. The first-order valence-electron chi connectivity index (χ1n) is 7.64. The summed E-state index contributed by atoms with van der Waals surface area (Å²) in [5.41, 5.74) is 0.336. The third-order valence-electron chi connectivity index (χ3n) is 4.51. The summed E-state index contributed by atoms with van der Waals surface area (Å²) < 4.78 is 1.70. The summed E-state index contributed by atoms with van der Waals surface area (Å²) in [7, 11) is 1.83. The number of aromatic nitrogens is 2. The van der Waals surface area contributed by atoms with Gasteiger partial charge in [-0.15, -0.1) is 0 Å². The van der Waals surface area contributed by atoms with Crippen LogP contribution in [0.15, 0.2) is 18.3 Å². The van der Waals surface area contributed by atoms with E-state index in [0.717, 1.165) is 18.5 Å². The van der Waals surface area contributed by atoms with Crippen LogP contribution in [0.5, 0.6) is 0 Å².